The molecule has 0 aliphatic rings. The van der Waals surface area contributed by atoms with Gasteiger partial charge in [-0.25, -0.2) is 4.79 Å². The van der Waals surface area contributed by atoms with Gasteiger partial charge in [-0.1, -0.05) is 6.58 Å². The van der Waals surface area contributed by atoms with E-state index in [9.17, 15) is 4.79 Å². The third-order valence-electron chi connectivity index (χ3n) is 2.51. The number of aliphatic carboxylic acids is 1. The minimum absolute atomic E-state index is 0.209. The Bertz CT molecular complexity index is 229. The zero-order valence-corrected chi connectivity index (χ0v) is 10.8. The number of hydrogen-bond acceptors (Lipinski definition) is 3. The molecule has 4 nitrogen and oxygen atoms in total. The van der Waals surface area contributed by atoms with Crippen LogP contribution in [0.5, 0.6) is 0 Å². The molecular weight excluding hydrogens is 204 g/mol. The Morgan fingerprint density at radius 3 is 2.19 bits per heavy atom. The summed E-state index contributed by atoms with van der Waals surface area (Å²) in [6.45, 7) is 14.2. The topological polar surface area (TPSA) is 52.6 Å². The zero-order valence-electron chi connectivity index (χ0n) is 10.8. The van der Waals surface area contributed by atoms with Crippen molar-refractivity contribution in [1.29, 1.82) is 0 Å². The maximum absolute atomic E-state index is 10.5. The molecule has 0 aromatic rings. The summed E-state index contributed by atoms with van der Waals surface area (Å²) >= 11 is 0. The molecule has 94 valence electrons. The van der Waals surface area contributed by atoms with Crippen molar-refractivity contribution in [3.63, 3.8) is 0 Å². The molecule has 16 heavy (non-hydrogen) atoms. The average molecular weight is 228 g/mol. The molecule has 0 unspecified atom stereocenters. The second-order valence-corrected chi connectivity index (χ2v) is 4.51. The highest BCUT2D eigenvalue weighted by Crippen LogP contribution is 2.03. The van der Waals surface area contributed by atoms with Crippen LogP contribution in [0.3, 0.4) is 0 Å². The van der Waals surface area contributed by atoms with Crippen LogP contribution in [-0.4, -0.2) is 47.7 Å². The van der Waals surface area contributed by atoms with E-state index >= 15 is 0 Å². The van der Waals surface area contributed by atoms with Gasteiger partial charge in [0, 0.05) is 37.3 Å². The van der Waals surface area contributed by atoms with E-state index in [0.29, 0.717) is 18.6 Å². The van der Waals surface area contributed by atoms with Gasteiger partial charge >= 0.3 is 5.97 Å². The molecule has 0 radical (unpaired) electrons. The van der Waals surface area contributed by atoms with Gasteiger partial charge in [-0.2, -0.15) is 0 Å². The minimum Gasteiger partial charge on any atom is -0.478 e. The summed E-state index contributed by atoms with van der Waals surface area (Å²) in [5.74, 6) is -0.933. The van der Waals surface area contributed by atoms with Gasteiger partial charge in [0.15, 0.2) is 0 Å². The molecule has 0 amide bonds. The van der Waals surface area contributed by atoms with Crippen molar-refractivity contribution >= 4 is 5.97 Å². The largest absolute Gasteiger partial charge is 0.478 e. The molecule has 0 spiro atoms. The lowest BCUT2D eigenvalue weighted by molar-refractivity contribution is -0.132. The molecule has 0 aromatic heterocycles. The van der Waals surface area contributed by atoms with Crippen LogP contribution in [0, 0.1) is 0 Å². The molecule has 0 rings (SSSR count). The quantitative estimate of drug-likeness (QED) is 0.486. The highest BCUT2D eigenvalue weighted by atomic mass is 16.4. The van der Waals surface area contributed by atoms with E-state index < -0.39 is 5.97 Å². The third kappa shape index (κ3) is 5.88. The average Bonchev–Trinajstić information content (AvgIpc) is 2.15. The zero-order chi connectivity index (χ0) is 12.7. The van der Waals surface area contributed by atoms with Crippen LogP contribution in [0.15, 0.2) is 12.2 Å². The summed E-state index contributed by atoms with van der Waals surface area (Å²) in [6, 6.07) is 1.01. The summed E-state index contributed by atoms with van der Waals surface area (Å²) in [5, 5.41) is 11.7. The molecular formula is C12H24N2O2. The first-order valence-electron chi connectivity index (χ1n) is 5.73. The van der Waals surface area contributed by atoms with Crippen LogP contribution in [0.1, 0.15) is 27.7 Å². The number of nitrogens with zero attached hydrogens (tertiary/aromatic N) is 1. The number of carbonyl (C=O) groups is 1. The van der Waals surface area contributed by atoms with E-state index in [2.05, 4.69) is 44.5 Å². The van der Waals surface area contributed by atoms with E-state index in [1.807, 2.05) is 0 Å². The van der Waals surface area contributed by atoms with Gasteiger partial charge in [0.1, 0.15) is 0 Å². The third-order valence-corrected chi connectivity index (χ3v) is 2.51. The number of nitrogens with one attached hydrogen (secondary N) is 1. The van der Waals surface area contributed by atoms with Crippen molar-refractivity contribution in [2.24, 2.45) is 0 Å². The smallest absolute Gasteiger partial charge is 0.332 e. The highest BCUT2D eigenvalue weighted by molar-refractivity contribution is 5.86. The molecule has 0 saturated heterocycles. The summed E-state index contributed by atoms with van der Waals surface area (Å²) in [5.41, 5.74) is 0.209. The van der Waals surface area contributed by atoms with Crippen LogP contribution >= 0.6 is 0 Å². The minimum atomic E-state index is -0.933. The molecule has 0 aromatic carbocycles. The van der Waals surface area contributed by atoms with Crippen LogP contribution < -0.4 is 5.32 Å². The van der Waals surface area contributed by atoms with Crippen molar-refractivity contribution in [2.45, 2.75) is 39.8 Å². The monoisotopic (exact) mass is 228 g/mol. The SMILES string of the molecule is C=C(CNCCN(C(C)C)C(C)C)C(=O)O. The van der Waals surface area contributed by atoms with Gasteiger partial charge in [-0.15, -0.1) is 0 Å². The first-order chi connectivity index (χ1) is 7.36. The number of carboxylic acids is 1. The number of rotatable bonds is 8. The molecule has 4 heteroatoms. The lowest BCUT2D eigenvalue weighted by Crippen LogP contribution is -2.41. The predicted molar refractivity (Wildman–Crippen MR) is 66.6 cm³/mol. The lowest BCUT2D eigenvalue weighted by atomic mass is 10.2. The Morgan fingerprint density at radius 2 is 1.81 bits per heavy atom. The first-order valence-corrected chi connectivity index (χ1v) is 5.73. The van der Waals surface area contributed by atoms with E-state index in [0.717, 1.165) is 13.1 Å². The molecule has 0 bridgehead atoms. The normalized spacial score (nSPS) is 11.4. The van der Waals surface area contributed by atoms with Gasteiger partial charge < -0.3 is 10.4 Å². The Balaban J connectivity index is 3.79. The summed E-state index contributed by atoms with van der Waals surface area (Å²) in [4.78, 5) is 12.9. The summed E-state index contributed by atoms with van der Waals surface area (Å²) in [7, 11) is 0. The fourth-order valence-corrected chi connectivity index (χ4v) is 1.64. The molecule has 0 aliphatic carbocycles. The van der Waals surface area contributed by atoms with E-state index in [4.69, 9.17) is 5.11 Å². The fraction of sp³-hybridized carbons (Fsp3) is 0.750. The molecule has 0 atom stereocenters. The standard InChI is InChI=1S/C12H24N2O2/c1-9(2)14(10(3)4)7-6-13-8-11(5)12(15)16/h9-10,13H,5-8H2,1-4H3,(H,15,16). The van der Waals surface area contributed by atoms with E-state index in [1.165, 1.54) is 0 Å². The van der Waals surface area contributed by atoms with Gasteiger partial charge in [-0.05, 0) is 27.7 Å². The van der Waals surface area contributed by atoms with Crippen LogP contribution in [0.2, 0.25) is 0 Å². The number of hydrogen-bond donors (Lipinski definition) is 2. The first kappa shape index (κ1) is 15.1. The highest BCUT2D eigenvalue weighted by Gasteiger charge is 2.12. The molecule has 0 heterocycles. The second-order valence-electron chi connectivity index (χ2n) is 4.51. The molecule has 0 aliphatic heterocycles. The molecule has 0 fully saturated rings. The second kappa shape index (κ2) is 7.41. The Labute approximate surface area is 98.3 Å². The lowest BCUT2D eigenvalue weighted by Gasteiger charge is -2.30. The van der Waals surface area contributed by atoms with Crippen molar-refractivity contribution in [1.82, 2.24) is 10.2 Å². The molecule has 2 N–H and O–H groups in total. The van der Waals surface area contributed by atoms with Crippen LogP contribution in [0.4, 0.5) is 0 Å². The van der Waals surface area contributed by atoms with Crippen molar-refractivity contribution in [2.75, 3.05) is 19.6 Å². The summed E-state index contributed by atoms with van der Waals surface area (Å²) < 4.78 is 0. The summed E-state index contributed by atoms with van der Waals surface area (Å²) in [6.07, 6.45) is 0. The van der Waals surface area contributed by atoms with Gasteiger partial charge in [0.25, 0.3) is 0 Å². The van der Waals surface area contributed by atoms with Crippen molar-refractivity contribution < 1.29 is 9.90 Å². The van der Waals surface area contributed by atoms with Crippen molar-refractivity contribution in [3.05, 3.63) is 12.2 Å². The van der Waals surface area contributed by atoms with E-state index in [1.54, 1.807) is 0 Å². The van der Waals surface area contributed by atoms with Gasteiger partial charge in [0.2, 0.25) is 0 Å². The van der Waals surface area contributed by atoms with Crippen molar-refractivity contribution in [3.8, 4) is 0 Å². The fourth-order valence-electron chi connectivity index (χ4n) is 1.64. The Kier molecular flexibility index (Phi) is 7.01. The van der Waals surface area contributed by atoms with Gasteiger partial charge in [0.05, 0.1) is 0 Å². The van der Waals surface area contributed by atoms with Gasteiger partial charge in [-0.3, -0.25) is 4.90 Å². The Morgan fingerprint density at radius 1 is 1.31 bits per heavy atom. The van der Waals surface area contributed by atoms with Crippen LogP contribution in [0.25, 0.3) is 0 Å². The number of carboxylic acid groups (broad SMARTS) is 1. The predicted octanol–water partition coefficient (Wildman–Crippen LogP) is 1.34. The Hall–Kier alpha value is -0.870. The maximum atomic E-state index is 10.5. The maximum Gasteiger partial charge on any atom is 0.332 e. The van der Waals surface area contributed by atoms with E-state index in [-0.39, 0.29) is 5.57 Å². The molecule has 0 saturated carbocycles. The van der Waals surface area contributed by atoms with Crippen LogP contribution in [-0.2, 0) is 4.79 Å².